The van der Waals surface area contributed by atoms with Gasteiger partial charge in [0.15, 0.2) is 0 Å². The third-order valence-electron chi connectivity index (χ3n) is 5.03. The van der Waals surface area contributed by atoms with Crippen molar-refractivity contribution in [3.8, 4) is 0 Å². The molecular formula is C28H36Cl2SiZr. The Morgan fingerprint density at radius 2 is 1.19 bits per heavy atom. The van der Waals surface area contributed by atoms with Crippen LogP contribution in [0.25, 0.3) is 21.5 Å². The van der Waals surface area contributed by atoms with Crippen molar-refractivity contribution < 1.29 is 51.0 Å². The maximum Gasteiger partial charge on any atom is 4.00 e. The Hall–Kier alpha value is -0.530. The summed E-state index contributed by atoms with van der Waals surface area (Å²) in [5, 5.41) is 5.49. The molecule has 4 heteroatoms. The number of fused-ring (bicyclic) bond motifs is 3. The molecular weight excluding hydrogens is 527 g/mol. The quantitative estimate of drug-likeness (QED) is 0.292. The molecule has 0 heterocycles. The Kier molecular flexibility index (Phi) is 15.4. The molecule has 3 aromatic rings. The monoisotopic (exact) mass is 560 g/mol. The largest absolute Gasteiger partial charge is 4.00 e. The third kappa shape index (κ3) is 9.38. The van der Waals surface area contributed by atoms with Gasteiger partial charge >= 0.3 is 26.2 Å². The Morgan fingerprint density at radius 3 is 1.44 bits per heavy atom. The van der Waals surface area contributed by atoms with E-state index in [2.05, 4.69) is 109 Å². The summed E-state index contributed by atoms with van der Waals surface area (Å²) in [6.07, 6.45) is 10.0. The van der Waals surface area contributed by atoms with Crippen LogP contribution in [0.4, 0.5) is 0 Å². The summed E-state index contributed by atoms with van der Waals surface area (Å²) >= 11 is 0. The first-order valence-electron chi connectivity index (χ1n) is 10.5. The molecule has 0 unspecified atom stereocenters. The zero-order valence-electron chi connectivity index (χ0n) is 20.7. The van der Waals surface area contributed by atoms with Crippen LogP contribution in [0.3, 0.4) is 0 Å². The van der Waals surface area contributed by atoms with E-state index in [0.717, 1.165) is 15.9 Å². The predicted molar refractivity (Wildman–Crippen MR) is 133 cm³/mol. The van der Waals surface area contributed by atoms with Gasteiger partial charge in [-0.3, -0.25) is 6.08 Å². The van der Waals surface area contributed by atoms with Crippen LogP contribution in [-0.4, -0.2) is 9.52 Å². The maximum atomic E-state index is 2.99. The fourth-order valence-electron chi connectivity index (χ4n) is 3.27. The molecule has 0 amide bonds. The molecule has 3 aromatic carbocycles. The first kappa shape index (κ1) is 33.6. The third-order valence-corrected chi connectivity index (χ3v) is 5.03. The fraction of sp³-hybridized carbons (Fsp3) is 0.393. The summed E-state index contributed by atoms with van der Waals surface area (Å²) < 4.78 is 0. The van der Waals surface area contributed by atoms with E-state index < -0.39 is 0 Å². The van der Waals surface area contributed by atoms with Crippen LogP contribution >= 0.6 is 0 Å². The Balaban J connectivity index is 0. The second-order valence-corrected chi connectivity index (χ2v) is 10.8. The fourth-order valence-corrected chi connectivity index (χ4v) is 3.27. The molecule has 2 radical (unpaired) electrons. The number of benzene rings is 2. The van der Waals surface area contributed by atoms with Gasteiger partial charge in [0.2, 0.25) is 0 Å². The van der Waals surface area contributed by atoms with E-state index in [1.165, 1.54) is 32.7 Å². The van der Waals surface area contributed by atoms with E-state index in [0.29, 0.717) is 0 Å². The number of halogens is 2. The van der Waals surface area contributed by atoms with Crippen molar-refractivity contribution >= 4 is 31.1 Å². The number of hydrogen-bond donors (Lipinski definition) is 0. The predicted octanol–water partition coefficient (Wildman–Crippen LogP) is 2.40. The molecule has 0 aromatic heterocycles. The van der Waals surface area contributed by atoms with E-state index in [4.69, 9.17) is 0 Å². The van der Waals surface area contributed by atoms with Crippen LogP contribution in [0.1, 0.15) is 59.1 Å². The van der Waals surface area contributed by atoms with Gasteiger partial charge in [-0.05, 0) is 10.8 Å². The van der Waals surface area contributed by atoms with Crippen LogP contribution in [0.2, 0.25) is 13.1 Å². The van der Waals surface area contributed by atoms with Gasteiger partial charge in [-0.15, -0.1) is 46.2 Å². The molecule has 4 rings (SSSR count). The molecule has 32 heavy (non-hydrogen) atoms. The minimum atomic E-state index is 0. The molecule has 0 N–H and O–H groups in total. The summed E-state index contributed by atoms with van der Waals surface area (Å²) in [6.45, 7) is 18.0. The van der Waals surface area contributed by atoms with Crippen LogP contribution in [0, 0.1) is 6.08 Å². The first-order chi connectivity index (χ1) is 13.6. The Bertz CT molecular complexity index is 924. The first-order valence-corrected chi connectivity index (χ1v) is 12.5. The minimum Gasteiger partial charge on any atom is -1.00 e. The van der Waals surface area contributed by atoms with Crippen molar-refractivity contribution in [3.63, 3.8) is 0 Å². The van der Waals surface area contributed by atoms with Crippen LogP contribution in [-0.2, 0) is 37.0 Å². The normalized spacial score (nSPS) is 12.0. The SMILES string of the molecule is CC(C)(C)c1ccc2[cH-]c3ccc(C(C)(C)C)cc3c2c1.C[Si]C.[C-]1=CC=CC1.[Cl-].[Cl-].[Zr+4]. The van der Waals surface area contributed by atoms with Gasteiger partial charge in [-0.1, -0.05) is 90.0 Å². The standard InChI is InChI=1S/C21H25.C5H5.C2H6Si.2ClH.Zr/c1-20(2,3)16-9-7-14-11-15-8-10-17(21(4,5)6)13-19(15)18(14)12-16;1-2-4-5-3-1;1-3-2;;;/h7-13H,1-6H3;1-3H,4H2;1-2H3;2*1H;/q2*-1;;;;+4/p-2. The van der Waals surface area contributed by atoms with Crippen LogP contribution in [0.15, 0.2) is 60.7 Å². The van der Waals surface area contributed by atoms with Gasteiger partial charge < -0.3 is 24.8 Å². The average molecular weight is 563 g/mol. The zero-order valence-corrected chi connectivity index (χ0v) is 25.7. The van der Waals surface area contributed by atoms with Crippen molar-refractivity contribution in [3.05, 3.63) is 77.9 Å². The van der Waals surface area contributed by atoms with Crippen LogP contribution in [0.5, 0.6) is 0 Å². The van der Waals surface area contributed by atoms with E-state index in [-0.39, 0.29) is 61.8 Å². The topological polar surface area (TPSA) is 0 Å². The number of allylic oxidation sites excluding steroid dienone is 4. The molecule has 0 aliphatic heterocycles. The van der Waals surface area contributed by atoms with Gasteiger partial charge in [-0.2, -0.15) is 6.08 Å². The van der Waals surface area contributed by atoms with Crippen molar-refractivity contribution in [2.75, 3.05) is 0 Å². The van der Waals surface area contributed by atoms with Crippen molar-refractivity contribution in [1.29, 1.82) is 0 Å². The maximum absolute atomic E-state index is 2.99. The van der Waals surface area contributed by atoms with Gasteiger partial charge in [0.05, 0.1) is 0 Å². The van der Waals surface area contributed by atoms with E-state index >= 15 is 0 Å². The van der Waals surface area contributed by atoms with Gasteiger partial charge in [-0.25, -0.2) is 12.2 Å². The Morgan fingerprint density at radius 1 is 0.781 bits per heavy atom. The summed E-state index contributed by atoms with van der Waals surface area (Å²) in [4.78, 5) is 0. The molecule has 0 saturated heterocycles. The second kappa shape index (κ2) is 14.7. The molecule has 0 fully saturated rings. The number of rotatable bonds is 0. The molecule has 1 aliphatic rings. The van der Waals surface area contributed by atoms with Crippen molar-refractivity contribution in [2.45, 2.75) is 71.9 Å². The van der Waals surface area contributed by atoms with E-state index in [9.17, 15) is 0 Å². The smallest absolute Gasteiger partial charge is 1.00 e. The van der Waals surface area contributed by atoms with Gasteiger partial charge in [0.25, 0.3) is 0 Å². The summed E-state index contributed by atoms with van der Waals surface area (Å²) in [7, 11) is 1.08. The molecule has 0 saturated carbocycles. The van der Waals surface area contributed by atoms with E-state index in [1.54, 1.807) is 0 Å². The minimum absolute atomic E-state index is 0. The Labute approximate surface area is 230 Å². The second-order valence-electron chi connectivity index (χ2n) is 9.75. The molecule has 0 bridgehead atoms. The summed E-state index contributed by atoms with van der Waals surface area (Å²) in [5.74, 6) is 0. The van der Waals surface area contributed by atoms with Gasteiger partial charge in [0.1, 0.15) is 0 Å². The number of hydrogen-bond acceptors (Lipinski definition) is 0. The molecule has 170 valence electrons. The van der Waals surface area contributed by atoms with E-state index in [1.807, 2.05) is 12.2 Å². The van der Waals surface area contributed by atoms with Gasteiger partial charge in [0, 0.05) is 9.52 Å². The summed E-state index contributed by atoms with van der Waals surface area (Å²) in [6, 6.07) is 16.1. The zero-order chi connectivity index (χ0) is 21.7. The molecule has 1 aliphatic carbocycles. The average Bonchev–Trinajstić information content (AvgIpc) is 3.31. The van der Waals surface area contributed by atoms with Crippen molar-refractivity contribution in [1.82, 2.24) is 0 Å². The molecule has 0 atom stereocenters. The van der Waals surface area contributed by atoms with Crippen molar-refractivity contribution in [2.24, 2.45) is 0 Å². The molecule has 0 nitrogen and oxygen atoms in total. The van der Waals surface area contributed by atoms with Crippen LogP contribution < -0.4 is 24.8 Å². The molecule has 0 spiro atoms. The summed E-state index contributed by atoms with van der Waals surface area (Å²) in [5.41, 5.74) is 3.20.